The molecule has 0 aliphatic carbocycles. The zero-order valence-electron chi connectivity index (χ0n) is 6.66. The summed E-state index contributed by atoms with van der Waals surface area (Å²) in [6.07, 6.45) is 0. The van der Waals surface area contributed by atoms with Gasteiger partial charge in [0.2, 0.25) is 5.82 Å². The van der Waals surface area contributed by atoms with Gasteiger partial charge in [-0.3, -0.25) is 10.1 Å². The quantitative estimate of drug-likeness (QED) is 0.588. The number of thiophene rings is 1. The fourth-order valence-electron chi connectivity index (χ4n) is 1.24. The molecular formula is C8H3BrFNO2S. The lowest BCUT2D eigenvalue weighted by atomic mass is 10.2. The lowest BCUT2D eigenvalue weighted by Gasteiger charge is -1.97. The minimum atomic E-state index is -0.812. The van der Waals surface area contributed by atoms with E-state index in [1.807, 2.05) is 0 Å². The van der Waals surface area contributed by atoms with E-state index in [2.05, 4.69) is 15.9 Å². The highest BCUT2D eigenvalue weighted by molar-refractivity contribution is 9.10. The molecule has 0 saturated carbocycles. The van der Waals surface area contributed by atoms with Gasteiger partial charge in [0.15, 0.2) is 0 Å². The van der Waals surface area contributed by atoms with E-state index in [-0.39, 0.29) is 0 Å². The molecule has 0 fully saturated rings. The van der Waals surface area contributed by atoms with Crippen LogP contribution in [0.4, 0.5) is 10.1 Å². The highest BCUT2D eigenvalue weighted by Crippen LogP contribution is 2.37. The van der Waals surface area contributed by atoms with Crippen molar-refractivity contribution >= 4 is 43.0 Å². The standard InChI is InChI=1S/C8H3BrFNO2S/c9-5-3-6(10)7(11(12)13)4-1-2-14-8(4)5/h1-3H. The van der Waals surface area contributed by atoms with Crippen LogP contribution in [0.15, 0.2) is 22.0 Å². The Balaban J connectivity index is 2.93. The predicted molar refractivity (Wildman–Crippen MR) is 56.1 cm³/mol. The Labute approximate surface area is 90.4 Å². The molecule has 0 atom stereocenters. The maximum atomic E-state index is 13.2. The number of hydrogen-bond donors (Lipinski definition) is 0. The number of nitro groups is 1. The second kappa shape index (κ2) is 3.29. The summed E-state index contributed by atoms with van der Waals surface area (Å²) < 4.78 is 14.5. The first-order chi connectivity index (χ1) is 6.61. The van der Waals surface area contributed by atoms with Gasteiger partial charge in [-0.2, -0.15) is 4.39 Å². The molecule has 1 aromatic heterocycles. The topological polar surface area (TPSA) is 43.1 Å². The maximum Gasteiger partial charge on any atom is 0.313 e. The van der Waals surface area contributed by atoms with E-state index >= 15 is 0 Å². The molecule has 1 aromatic carbocycles. The van der Waals surface area contributed by atoms with Gasteiger partial charge in [-0.25, -0.2) is 0 Å². The average molecular weight is 276 g/mol. The molecular weight excluding hydrogens is 273 g/mol. The van der Waals surface area contributed by atoms with Gasteiger partial charge < -0.3 is 0 Å². The van der Waals surface area contributed by atoms with Crippen molar-refractivity contribution in [2.45, 2.75) is 0 Å². The van der Waals surface area contributed by atoms with Crippen molar-refractivity contribution in [1.29, 1.82) is 0 Å². The van der Waals surface area contributed by atoms with Gasteiger partial charge in [0.25, 0.3) is 0 Å². The van der Waals surface area contributed by atoms with Crippen LogP contribution in [0.3, 0.4) is 0 Å². The van der Waals surface area contributed by atoms with Crippen molar-refractivity contribution in [3.8, 4) is 0 Å². The van der Waals surface area contributed by atoms with Gasteiger partial charge in [-0.1, -0.05) is 0 Å². The molecule has 0 saturated heterocycles. The zero-order valence-corrected chi connectivity index (χ0v) is 9.06. The molecule has 14 heavy (non-hydrogen) atoms. The third-order valence-corrected chi connectivity index (χ3v) is 3.64. The molecule has 0 radical (unpaired) electrons. The van der Waals surface area contributed by atoms with E-state index in [0.717, 1.165) is 6.07 Å². The highest BCUT2D eigenvalue weighted by Gasteiger charge is 2.21. The van der Waals surface area contributed by atoms with Gasteiger partial charge >= 0.3 is 5.69 Å². The van der Waals surface area contributed by atoms with E-state index in [9.17, 15) is 14.5 Å². The maximum absolute atomic E-state index is 13.2. The molecule has 0 amide bonds. The van der Waals surface area contributed by atoms with E-state index in [0.29, 0.717) is 14.6 Å². The van der Waals surface area contributed by atoms with Crippen molar-refractivity contribution in [2.75, 3.05) is 0 Å². The molecule has 0 N–H and O–H groups in total. The van der Waals surface area contributed by atoms with Crippen LogP contribution in [0.25, 0.3) is 10.1 Å². The zero-order chi connectivity index (χ0) is 10.3. The minimum absolute atomic E-state index is 0.340. The number of fused-ring (bicyclic) bond motifs is 1. The normalized spacial score (nSPS) is 10.7. The smallest absolute Gasteiger partial charge is 0.258 e. The number of nitrogens with zero attached hydrogens (tertiary/aromatic N) is 1. The summed E-state index contributed by atoms with van der Waals surface area (Å²) in [6.45, 7) is 0. The van der Waals surface area contributed by atoms with Crippen LogP contribution in [-0.2, 0) is 0 Å². The summed E-state index contributed by atoms with van der Waals surface area (Å²) in [4.78, 5) is 9.90. The number of benzene rings is 1. The molecule has 72 valence electrons. The summed E-state index contributed by atoms with van der Waals surface area (Å²) in [5.74, 6) is -0.812. The largest absolute Gasteiger partial charge is 0.313 e. The van der Waals surface area contributed by atoms with Crippen LogP contribution in [0.5, 0.6) is 0 Å². The van der Waals surface area contributed by atoms with Crippen LogP contribution < -0.4 is 0 Å². The Hall–Kier alpha value is -1.01. The van der Waals surface area contributed by atoms with Gasteiger partial charge in [0, 0.05) is 4.47 Å². The van der Waals surface area contributed by atoms with Crippen molar-refractivity contribution in [1.82, 2.24) is 0 Å². The SMILES string of the molecule is O=[N+]([O-])c1c(F)cc(Br)c2sccc12. The fraction of sp³-hybridized carbons (Fsp3) is 0. The molecule has 6 heteroatoms. The summed E-state index contributed by atoms with van der Waals surface area (Å²) in [5.41, 5.74) is -0.454. The number of nitro benzene ring substituents is 1. The minimum Gasteiger partial charge on any atom is -0.258 e. The summed E-state index contributed by atoms with van der Waals surface area (Å²) in [6, 6.07) is 2.67. The van der Waals surface area contributed by atoms with Gasteiger partial charge in [-0.15, -0.1) is 11.3 Å². The van der Waals surface area contributed by atoms with Gasteiger partial charge in [-0.05, 0) is 33.4 Å². The first-order valence-corrected chi connectivity index (χ1v) is 5.28. The fourth-order valence-corrected chi connectivity index (χ4v) is 2.74. The monoisotopic (exact) mass is 275 g/mol. The molecule has 3 nitrogen and oxygen atoms in total. The molecule has 0 aliphatic heterocycles. The lowest BCUT2D eigenvalue weighted by molar-refractivity contribution is -0.385. The van der Waals surface area contributed by atoms with Crippen LogP contribution >= 0.6 is 27.3 Å². The Bertz CT molecular complexity index is 525. The van der Waals surface area contributed by atoms with Crippen molar-refractivity contribution in [3.63, 3.8) is 0 Å². The summed E-state index contributed by atoms with van der Waals surface area (Å²) in [5, 5.41) is 12.6. The van der Waals surface area contributed by atoms with E-state index in [1.54, 1.807) is 11.4 Å². The first-order valence-electron chi connectivity index (χ1n) is 3.61. The molecule has 1 heterocycles. The van der Waals surface area contributed by atoms with Gasteiger partial charge in [0.05, 0.1) is 15.0 Å². The second-order valence-electron chi connectivity index (χ2n) is 2.61. The van der Waals surface area contributed by atoms with Crippen LogP contribution in [-0.4, -0.2) is 4.92 Å². The average Bonchev–Trinajstić information content (AvgIpc) is 2.51. The molecule has 0 bridgehead atoms. The second-order valence-corrected chi connectivity index (χ2v) is 4.38. The van der Waals surface area contributed by atoms with Gasteiger partial charge in [0.1, 0.15) is 0 Å². The Morgan fingerprint density at radius 1 is 1.57 bits per heavy atom. The third-order valence-electron chi connectivity index (χ3n) is 1.80. The molecule has 0 spiro atoms. The van der Waals surface area contributed by atoms with Crippen molar-refractivity contribution in [2.24, 2.45) is 0 Å². The Morgan fingerprint density at radius 2 is 2.29 bits per heavy atom. The van der Waals surface area contributed by atoms with Crippen molar-refractivity contribution < 1.29 is 9.31 Å². The predicted octanol–water partition coefficient (Wildman–Crippen LogP) is 3.71. The Morgan fingerprint density at radius 3 is 2.93 bits per heavy atom. The third kappa shape index (κ3) is 1.31. The van der Waals surface area contributed by atoms with Crippen LogP contribution in [0, 0.1) is 15.9 Å². The summed E-state index contributed by atoms with van der Waals surface area (Å²) in [7, 11) is 0. The molecule has 0 unspecified atom stereocenters. The van der Waals surface area contributed by atoms with E-state index in [1.165, 1.54) is 11.3 Å². The highest BCUT2D eigenvalue weighted by atomic mass is 79.9. The summed E-state index contributed by atoms with van der Waals surface area (Å²) >= 11 is 4.49. The molecule has 0 aliphatic rings. The number of rotatable bonds is 1. The first kappa shape index (κ1) is 9.54. The van der Waals surface area contributed by atoms with E-state index in [4.69, 9.17) is 0 Å². The number of halogens is 2. The van der Waals surface area contributed by atoms with Crippen LogP contribution in [0.2, 0.25) is 0 Å². The van der Waals surface area contributed by atoms with E-state index < -0.39 is 16.4 Å². The number of hydrogen-bond acceptors (Lipinski definition) is 3. The molecule has 2 rings (SSSR count). The van der Waals surface area contributed by atoms with Crippen LogP contribution in [0.1, 0.15) is 0 Å². The Kier molecular flexibility index (Phi) is 2.24. The van der Waals surface area contributed by atoms with Crippen molar-refractivity contribution in [3.05, 3.63) is 37.9 Å². The molecule has 2 aromatic rings. The lowest BCUT2D eigenvalue weighted by Crippen LogP contribution is -1.92.